The molecule has 1 N–H and O–H groups in total. The molecule has 26 heavy (non-hydrogen) atoms. The fourth-order valence-electron chi connectivity index (χ4n) is 2.71. The van der Waals surface area contributed by atoms with Gasteiger partial charge in [-0.2, -0.15) is 0 Å². The van der Waals surface area contributed by atoms with Crippen LogP contribution in [-0.2, 0) is 4.79 Å². The van der Waals surface area contributed by atoms with Gasteiger partial charge in [-0.05, 0) is 33.8 Å². The molecule has 1 aliphatic rings. The van der Waals surface area contributed by atoms with E-state index in [1.54, 1.807) is 11.0 Å². The van der Waals surface area contributed by atoms with E-state index in [4.69, 9.17) is 16.3 Å². The van der Waals surface area contributed by atoms with Gasteiger partial charge in [0, 0.05) is 38.4 Å². The van der Waals surface area contributed by atoms with Crippen LogP contribution < -0.4 is 10.1 Å². The molecule has 0 aliphatic carbocycles. The van der Waals surface area contributed by atoms with Crippen molar-refractivity contribution in [1.29, 1.82) is 0 Å². The Morgan fingerprint density at radius 3 is 2.42 bits per heavy atom. The molecule has 0 aromatic carbocycles. The Labute approximate surface area is 159 Å². The lowest BCUT2D eigenvalue weighted by Crippen LogP contribution is -2.51. The number of amides is 2. The summed E-state index contributed by atoms with van der Waals surface area (Å²) in [4.78, 5) is 32.4. The predicted octanol–water partition coefficient (Wildman–Crippen LogP) is 1.80. The number of aromatic nitrogens is 1. The van der Waals surface area contributed by atoms with Gasteiger partial charge in [0.1, 0.15) is 5.02 Å². The Morgan fingerprint density at radius 1 is 1.23 bits per heavy atom. The maximum absolute atomic E-state index is 12.6. The summed E-state index contributed by atoms with van der Waals surface area (Å²) in [5, 5.41) is 3.21. The highest BCUT2D eigenvalue weighted by molar-refractivity contribution is 6.32. The molecular weight excluding hydrogens is 356 g/mol. The van der Waals surface area contributed by atoms with Crippen LogP contribution in [0.3, 0.4) is 0 Å². The minimum Gasteiger partial charge on any atom is -0.474 e. The van der Waals surface area contributed by atoms with Gasteiger partial charge in [-0.3, -0.25) is 14.5 Å². The van der Waals surface area contributed by atoms with E-state index in [1.807, 2.05) is 32.6 Å². The van der Waals surface area contributed by atoms with Gasteiger partial charge in [0.15, 0.2) is 0 Å². The molecule has 1 aliphatic heterocycles. The van der Waals surface area contributed by atoms with Crippen LogP contribution in [0.1, 0.15) is 38.1 Å². The largest absolute Gasteiger partial charge is 0.474 e. The fourth-order valence-corrected chi connectivity index (χ4v) is 2.93. The van der Waals surface area contributed by atoms with E-state index < -0.39 is 0 Å². The Bertz CT molecular complexity index is 643. The van der Waals surface area contributed by atoms with E-state index in [9.17, 15) is 9.59 Å². The van der Waals surface area contributed by atoms with E-state index in [-0.39, 0.29) is 24.0 Å². The standard InChI is InChI=1S/C18H27ClN4O3/c1-12(2)21-16(24)11-22-5-7-23(8-6-22)18(25)14-9-15(19)17(20-10-14)26-13(3)4/h9-10,12-13H,5-8,11H2,1-4H3,(H,21,24). The number of nitrogens with zero attached hydrogens (tertiary/aromatic N) is 3. The van der Waals surface area contributed by atoms with Crippen LogP contribution in [0.15, 0.2) is 12.3 Å². The number of pyridine rings is 1. The van der Waals surface area contributed by atoms with Crippen molar-refractivity contribution >= 4 is 23.4 Å². The minimum absolute atomic E-state index is 0.0106. The van der Waals surface area contributed by atoms with Gasteiger partial charge in [0.25, 0.3) is 5.91 Å². The smallest absolute Gasteiger partial charge is 0.255 e. The van der Waals surface area contributed by atoms with Crippen molar-refractivity contribution in [2.24, 2.45) is 0 Å². The SMILES string of the molecule is CC(C)NC(=O)CN1CCN(C(=O)c2cnc(OC(C)C)c(Cl)c2)CC1. The third-order valence-electron chi connectivity index (χ3n) is 3.88. The second kappa shape index (κ2) is 9.19. The molecule has 2 rings (SSSR count). The molecular formula is C18H27ClN4O3. The summed E-state index contributed by atoms with van der Waals surface area (Å²) >= 11 is 6.17. The zero-order chi connectivity index (χ0) is 19.3. The third kappa shape index (κ3) is 5.85. The normalized spacial score (nSPS) is 15.4. The molecule has 1 saturated heterocycles. The first-order valence-corrected chi connectivity index (χ1v) is 9.27. The van der Waals surface area contributed by atoms with Gasteiger partial charge in [0.05, 0.1) is 18.2 Å². The van der Waals surface area contributed by atoms with Gasteiger partial charge in [-0.1, -0.05) is 11.6 Å². The lowest BCUT2D eigenvalue weighted by atomic mass is 10.2. The Hall–Kier alpha value is -1.86. The zero-order valence-electron chi connectivity index (χ0n) is 15.8. The highest BCUT2D eigenvalue weighted by Crippen LogP contribution is 2.24. The van der Waals surface area contributed by atoms with Crippen molar-refractivity contribution in [1.82, 2.24) is 20.1 Å². The molecule has 0 spiro atoms. The first-order valence-electron chi connectivity index (χ1n) is 8.89. The van der Waals surface area contributed by atoms with Gasteiger partial charge in [-0.15, -0.1) is 0 Å². The van der Waals surface area contributed by atoms with Crippen molar-refractivity contribution in [2.45, 2.75) is 39.8 Å². The summed E-state index contributed by atoms with van der Waals surface area (Å²) in [6, 6.07) is 1.72. The second-order valence-corrected chi connectivity index (χ2v) is 7.38. The lowest BCUT2D eigenvalue weighted by molar-refractivity contribution is -0.123. The molecule has 1 aromatic heterocycles. The number of halogens is 1. The number of carbonyl (C=O) groups is 2. The van der Waals surface area contributed by atoms with Crippen molar-refractivity contribution in [3.8, 4) is 5.88 Å². The van der Waals surface area contributed by atoms with Crippen molar-refractivity contribution in [3.05, 3.63) is 22.8 Å². The van der Waals surface area contributed by atoms with Crippen LogP contribution >= 0.6 is 11.6 Å². The van der Waals surface area contributed by atoms with Gasteiger partial charge >= 0.3 is 0 Å². The summed E-state index contributed by atoms with van der Waals surface area (Å²) in [5.74, 6) is 0.234. The second-order valence-electron chi connectivity index (χ2n) is 6.97. The molecule has 1 aromatic rings. The molecule has 0 bridgehead atoms. The maximum Gasteiger partial charge on any atom is 0.255 e. The minimum atomic E-state index is -0.109. The van der Waals surface area contributed by atoms with Crippen molar-refractivity contribution in [2.75, 3.05) is 32.7 Å². The Kier molecular flexibility index (Phi) is 7.23. The van der Waals surface area contributed by atoms with E-state index >= 15 is 0 Å². The van der Waals surface area contributed by atoms with Crippen molar-refractivity contribution < 1.29 is 14.3 Å². The number of rotatable bonds is 6. The van der Waals surface area contributed by atoms with Crippen molar-refractivity contribution in [3.63, 3.8) is 0 Å². The van der Waals surface area contributed by atoms with Gasteiger partial charge < -0.3 is 15.0 Å². The van der Waals surface area contributed by atoms with E-state index in [0.717, 1.165) is 0 Å². The molecule has 7 nitrogen and oxygen atoms in total. The average Bonchev–Trinajstić information content (AvgIpc) is 2.55. The van der Waals surface area contributed by atoms with E-state index in [0.29, 0.717) is 49.2 Å². The number of nitrogens with one attached hydrogen (secondary N) is 1. The van der Waals surface area contributed by atoms with E-state index in [1.165, 1.54) is 6.20 Å². The topological polar surface area (TPSA) is 74.8 Å². The van der Waals surface area contributed by atoms with Crippen LogP contribution in [0.2, 0.25) is 5.02 Å². The summed E-state index contributed by atoms with van der Waals surface area (Å²) in [7, 11) is 0. The number of carbonyl (C=O) groups excluding carboxylic acids is 2. The highest BCUT2D eigenvalue weighted by atomic mass is 35.5. The predicted molar refractivity (Wildman–Crippen MR) is 101 cm³/mol. The molecule has 0 atom stereocenters. The van der Waals surface area contributed by atoms with Gasteiger partial charge in [0.2, 0.25) is 11.8 Å². The first-order chi connectivity index (χ1) is 12.3. The summed E-state index contributed by atoms with van der Waals surface area (Å²) in [6.45, 7) is 10.5. The molecule has 0 radical (unpaired) electrons. The van der Waals surface area contributed by atoms with Crippen LogP contribution in [0.4, 0.5) is 0 Å². The third-order valence-corrected chi connectivity index (χ3v) is 4.15. The summed E-state index contributed by atoms with van der Waals surface area (Å²) in [6.07, 6.45) is 1.46. The molecule has 144 valence electrons. The van der Waals surface area contributed by atoms with E-state index in [2.05, 4.69) is 10.3 Å². The average molecular weight is 383 g/mol. The van der Waals surface area contributed by atoms with Gasteiger partial charge in [-0.25, -0.2) is 4.98 Å². The van der Waals surface area contributed by atoms with Crippen LogP contribution in [0.5, 0.6) is 5.88 Å². The Morgan fingerprint density at radius 2 is 1.88 bits per heavy atom. The zero-order valence-corrected chi connectivity index (χ0v) is 16.5. The molecule has 2 heterocycles. The Balaban J connectivity index is 1.90. The fraction of sp³-hybridized carbons (Fsp3) is 0.611. The van der Waals surface area contributed by atoms with Crippen LogP contribution in [0.25, 0.3) is 0 Å². The highest BCUT2D eigenvalue weighted by Gasteiger charge is 2.24. The number of ether oxygens (including phenoxy) is 1. The molecule has 0 unspecified atom stereocenters. The number of piperazine rings is 1. The maximum atomic E-state index is 12.6. The number of hydrogen-bond donors (Lipinski definition) is 1. The number of hydrogen-bond acceptors (Lipinski definition) is 5. The molecule has 2 amide bonds. The lowest BCUT2D eigenvalue weighted by Gasteiger charge is -2.34. The molecule has 0 saturated carbocycles. The van der Waals surface area contributed by atoms with Crippen LogP contribution in [0, 0.1) is 0 Å². The quantitative estimate of drug-likeness (QED) is 0.812. The first kappa shape index (κ1) is 20.5. The molecule has 8 heteroatoms. The summed E-state index contributed by atoms with van der Waals surface area (Å²) < 4.78 is 5.49. The van der Waals surface area contributed by atoms with Crippen LogP contribution in [-0.4, -0.2) is 71.5 Å². The summed E-state index contributed by atoms with van der Waals surface area (Å²) in [5.41, 5.74) is 0.442. The monoisotopic (exact) mass is 382 g/mol. The molecule has 1 fully saturated rings.